The highest BCUT2D eigenvalue weighted by Crippen LogP contribution is 2.25. The Kier molecular flexibility index (Phi) is 5.36. The maximum atomic E-state index is 12.1. The topological polar surface area (TPSA) is 60.5 Å². The molecule has 0 unspecified atom stereocenters. The van der Waals surface area contributed by atoms with Gasteiger partial charge in [-0.25, -0.2) is 0 Å². The van der Waals surface area contributed by atoms with Gasteiger partial charge in [0.1, 0.15) is 6.61 Å². The summed E-state index contributed by atoms with van der Waals surface area (Å²) in [5.74, 6) is 1.17. The van der Waals surface area contributed by atoms with Gasteiger partial charge in [0, 0.05) is 12.4 Å². The second-order valence-electron chi connectivity index (χ2n) is 5.09. The summed E-state index contributed by atoms with van der Waals surface area (Å²) in [4.78, 5) is 16.1. The van der Waals surface area contributed by atoms with Gasteiger partial charge in [-0.1, -0.05) is 12.1 Å². The van der Waals surface area contributed by atoms with Crippen molar-refractivity contribution < 1.29 is 14.3 Å². The molecule has 0 bridgehead atoms. The van der Waals surface area contributed by atoms with Gasteiger partial charge in [-0.05, 0) is 37.6 Å². The van der Waals surface area contributed by atoms with E-state index < -0.39 is 0 Å². The van der Waals surface area contributed by atoms with Crippen molar-refractivity contribution in [3.63, 3.8) is 0 Å². The van der Waals surface area contributed by atoms with Gasteiger partial charge in [0.2, 0.25) is 0 Å². The Morgan fingerprint density at radius 1 is 1.27 bits per heavy atom. The lowest BCUT2D eigenvalue weighted by molar-refractivity contribution is 0.0926. The normalized spacial score (nSPS) is 11.6. The van der Waals surface area contributed by atoms with E-state index in [4.69, 9.17) is 9.47 Å². The fraction of sp³-hybridized carbons (Fsp3) is 0.294. The number of nitrogens with one attached hydrogen (secondary N) is 1. The van der Waals surface area contributed by atoms with E-state index in [0.717, 1.165) is 5.56 Å². The van der Waals surface area contributed by atoms with Gasteiger partial charge < -0.3 is 14.8 Å². The van der Waals surface area contributed by atoms with Gasteiger partial charge in [-0.15, -0.1) is 0 Å². The Labute approximate surface area is 130 Å². The zero-order chi connectivity index (χ0) is 15.9. The zero-order valence-corrected chi connectivity index (χ0v) is 13.0. The summed E-state index contributed by atoms with van der Waals surface area (Å²) in [7, 11) is 1.60. The Morgan fingerprint density at radius 2 is 2.00 bits per heavy atom. The lowest BCUT2D eigenvalue weighted by Gasteiger charge is -2.16. The van der Waals surface area contributed by atoms with Crippen LogP contribution in [0.4, 0.5) is 0 Å². The highest BCUT2D eigenvalue weighted by atomic mass is 16.5. The number of aromatic nitrogens is 1. The molecule has 0 aliphatic heterocycles. The van der Waals surface area contributed by atoms with E-state index in [2.05, 4.69) is 10.3 Å². The van der Waals surface area contributed by atoms with Gasteiger partial charge in [0.05, 0.1) is 18.7 Å². The molecule has 1 aromatic heterocycles. The van der Waals surface area contributed by atoms with Crippen LogP contribution in [0.25, 0.3) is 0 Å². The van der Waals surface area contributed by atoms with Crippen LogP contribution in [0.2, 0.25) is 0 Å². The first-order valence-corrected chi connectivity index (χ1v) is 7.08. The fourth-order valence-corrected chi connectivity index (χ4v) is 1.98. The molecule has 5 nitrogen and oxygen atoms in total. The molecule has 116 valence electrons. The van der Waals surface area contributed by atoms with E-state index in [9.17, 15) is 4.79 Å². The molecule has 0 saturated carbocycles. The summed E-state index contributed by atoms with van der Waals surface area (Å²) in [6.45, 7) is 4.14. The van der Waals surface area contributed by atoms with Crippen molar-refractivity contribution in [2.24, 2.45) is 0 Å². The molecule has 2 rings (SSSR count). The molecule has 5 heteroatoms. The molecule has 0 spiro atoms. The van der Waals surface area contributed by atoms with E-state index >= 15 is 0 Å². The van der Waals surface area contributed by atoms with Crippen LogP contribution in [-0.2, 0) is 0 Å². The molecular weight excluding hydrogens is 280 g/mol. The van der Waals surface area contributed by atoms with Crippen LogP contribution in [0.1, 0.15) is 22.8 Å². The van der Waals surface area contributed by atoms with E-state index in [1.807, 2.05) is 38.1 Å². The molecule has 0 aliphatic rings. The van der Waals surface area contributed by atoms with Gasteiger partial charge in [-0.2, -0.15) is 0 Å². The summed E-state index contributed by atoms with van der Waals surface area (Å²) >= 11 is 0. The lowest BCUT2D eigenvalue weighted by atomic mass is 10.2. The minimum Gasteiger partial charge on any atom is -0.493 e. The molecule has 0 fully saturated rings. The molecule has 1 aromatic carbocycles. The molecule has 1 heterocycles. The monoisotopic (exact) mass is 300 g/mol. The van der Waals surface area contributed by atoms with Crippen molar-refractivity contribution in [3.8, 4) is 11.5 Å². The van der Waals surface area contributed by atoms with Gasteiger partial charge >= 0.3 is 0 Å². The number of amides is 1. The lowest BCUT2D eigenvalue weighted by Crippen LogP contribution is -2.36. The number of rotatable bonds is 6. The molecule has 1 N–H and O–H groups in total. The van der Waals surface area contributed by atoms with E-state index in [1.54, 1.807) is 25.6 Å². The number of ether oxygens (including phenoxy) is 2. The maximum absolute atomic E-state index is 12.1. The van der Waals surface area contributed by atoms with Crippen LogP contribution in [-0.4, -0.2) is 30.6 Å². The van der Waals surface area contributed by atoms with Crippen molar-refractivity contribution in [1.82, 2.24) is 10.3 Å². The standard InChI is InChI=1S/C17H20N2O3/c1-12-8-14(10-18-9-12)17(20)19-13(2)11-22-16-7-5-4-6-15(16)21-3/h4-10,13H,11H2,1-3H3,(H,19,20)/t13-/m0/s1. The second-order valence-corrected chi connectivity index (χ2v) is 5.09. The van der Waals surface area contributed by atoms with Crippen LogP contribution in [0.15, 0.2) is 42.7 Å². The van der Waals surface area contributed by atoms with Crippen molar-refractivity contribution in [2.75, 3.05) is 13.7 Å². The minimum atomic E-state index is -0.160. The van der Waals surface area contributed by atoms with Crippen LogP contribution in [0.5, 0.6) is 11.5 Å². The van der Waals surface area contributed by atoms with Crippen molar-refractivity contribution in [2.45, 2.75) is 19.9 Å². The number of carbonyl (C=O) groups is 1. The minimum absolute atomic E-state index is 0.141. The average molecular weight is 300 g/mol. The van der Waals surface area contributed by atoms with E-state index in [0.29, 0.717) is 23.7 Å². The van der Waals surface area contributed by atoms with Crippen LogP contribution >= 0.6 is 0 Å². The first-order valence-electron chi connectivity index (χ1n) is 7.08. The maximum Gasteiger partial charge on any atom is 0.253 e. The molecule has 2 aromatic rings. The highest BCUT2D eigenvalue weighted by Gasteiger charge is 2.12. The summed E-state index contributed by atoms with van der Waals surface area (Å²) in [6, 6.07) is 9.07. The van der Waals surface area contributed by atoms with Crippen LogP contribution in [0.3, 0.4) is 0 Å². The quantitative estimate of drug-likeness (QED) is 0.891. The SMILES string of the molecule is COc1ccccc1OC[C@H](C)NC(=O)c1cncc(C)c1. The Bertz CT molecular complexity index is 643. The second kappa shape index (κ2) is 7.45. The predicted octanol–water partition coefficient (Wildman–Crippen LogP) is 2.60. The Hall–Kier alpha value is -2.56. The Morgan fingerprint density at radius 3 is 2.68 bits per heavy atom. The number of nitrogens with zero attached hydrogens (tertiary/aromatic N) is 1. The predicted molar refractivity (Wildman–Crippen MR) is 84.4 cm³/mol. The number of aryl methyl sites for hydroxylation is 1. The molecule has 0 radical (unpaired) electrons. The number of pyridine rings is 1. The first-order chi connectivity index (χ1) is 10.6. The zero-order valence-electron chi connectivity index (χ0n) is 13.0. The molecule has 0 aliphatic carbocycles. The summed E-state index contributed by atoms with van der Waals surface area (Å²) in [6.07, 6.45) is 3.27. The van der Waals surface area contributed by atoms with Crippen molar-refractivity contribution in [3.05, 3.63) is 53.9 Å². The van der Waals surface area contributed by atoms with Gasteiger partial charge in [0.25, 0.3) is 5.91 Å². The van der Waals surface area contributed by atoms with Crippen molar-refractivity contribution >= 4 is 5.91 Å². The van der Waals surface area contributed by atoms with Crippen LogP contribution < -0.4 is 14.8 Å². The third kappa shape index (κ3) is 4.22. The third-order valence-corrected chi connectivity index (χ3v) is 3.07. The number of carbonyl (C=O) groups excluding carboxylic acids is 1. The van der Waals surface area contributed by atoms with Crippen molar-refractivity contribution in [1.29, 1.82) is 0 Å². The summed E-state index contributed by atoms with van der Waals surface area (Å²) in [5.41, 5.74) is 1.50. The summed E-state index contributed by atoms with van der Waals surface area (Å²) in [5, 5.41) is 2.89. The first kappa shape index (κ1) is 15.8. The van der Waals surface area contributed by atoms with Gasteiger partial charge in [0.15, 0.2) is 11.5 Å². The van der Waals surface area contributed by atoms with Gasteiger partial charge in [-0.3, -0.25) is 9.78 Å². The number of hydrogen-bond acceptors (Lipinski definition) is 4. The third-order valence-electron chi connectivity index (χ3n) is 3.07. The van der Waals surface area contributed by atoms with E-state index in [1.165, 1.54) is 0 Å². The molecule has 22 heavy (non-hydrogen) atoms. The molecule has 1 atom stereocenters. The smallest absolute Gasteiger partial charge is 0.253 e. The number of para-hydroxylation sites is 2. The average Bonchev–Trinajstić information content (AvgIpc) is 2.53. The number of hydrogen-bond donors (Lipinski definition) is 1. The largest absolute Gasteiger partial charge is 0.493 e. The van der Waals surface area contributed by atoms with E-state index in [-0.39, 0.29) is 11.9 Å². The molecule has 1 amide bonds. The Balaban J connectivity index is 1.90. The highest BCUT2D eigenvalue weighted by molar-refractivity contribution is 5.94. The number of methoxy groups -OCH3 is 1. The molecular formula is C17H20N2O3. The van der Waals surface area contributed by atoms with Crippen LogP contribution in [0, 0.1) is 6.92 Å². The molecule has 0 saturated heterocycles. The fourth-order valence-electron chi connectivity index (χ4n) is 1.98. The summed E-state index contributed by atoms with van der Waals surface area (Å²) < 4.78 is 10.9. The number of benzene rings is 1.